The van der Waals surface area contributed by atoms with Crippen molar-refractivity contribution in [2.24, 2.45) is 5.73 Å². The van der Waals surface area contributed by atoms with Gasteiger partial charge < -0.3 is 10.6 Å². The molecule has 2 N–H and O–H groups in total. The standard InChI is InChI=1S/C27H27FN6O2/c1-2-3-16-32-23-24(30-26(32)31-15-7-8-21(29)18-31)34(22-9-5-4-6-10-22)27(36)33(25(23)35)17-19-11-13-20(28)14-12-19/h4-6,9-14,21H,7-8,15-18,29H2,1H3. The lowest BCUT2D eigenvalue weighted by Crippen LogP contribution is -2.44. The Morgan fingerprint density at radius 1 is 1.08 bits per heavy atom. The molecule has 0 amide bonds. The molecule has 36 heavy (non-hydrogen) atoms. The van der Waals surface area contributed by atoms with Crippen LogP contribution in [0.4, 0.5) is 10.3 Å². The molecule has 0 radical (unpaired) electrons. The van der Waals surface area contributed by atoms with Gasteiger partial charge in [-0.15, -0.1) is 5.92 Å². The van der Waals surface area contributed by atoms with E-state index in [1.165, 1.54) is 21.3 Å². The smallest absolute Gasteiger partial charge is 0.337 e. The van der Waals surface area contributed by atoms with Crippen molar-refractivity contribution in [1.82, 2.24) is 18.7 Å². The fourth-order valence-corrected chi connectivity index (χ4v) is 4.68. The maximum Gasteiger partial charge on any atom is 0.337 e. The number of rotatable bonds is 5. The number of aromatic nitrogens is 4. The Morgan fingerprint density at radius 2 is 1.83 bits per heavy atom. The largest absolute Gasteiger partial charge is 0.341 e. The average molecular weight is 487 g/mol. The second-order valence-corrected chi connectivity index (χ2v) is 8.92. The fraction of sp³-hybridized carbons (Fsp3) is 0.296. The first-order chi connectivity index (χ1) is 17.5. The molecule has 0 saturated carbocycles. The quantitative estimate of drug-likeness (QED) is 0.438. The van der Waals surface area contributed by atoms with Gasteiger partial charge in [-0.3, -0.25) is 13.9 Å². The molecule has 8 nitrogen and oxygen atoms in total. The summed E-state index contributed by atoms with van der Waals surface area (Å²) in [7, 11) is 0. The van der Waals surface area contributed by atoms with Crippen molar-refractivity contribution in [2.75, 3.05) is 18.0 Å². The van der Waals surface area contributed by atoms with Crippen LogP contribution in [-0.2, 0) is 13.1 Å². The van der Waals surface area contributed by atoms with Gasteiger partial charge in [0.1, 0.15) is 5.82 Å². The summed E-state index contributed by atoms with van der Waals surface area (Å²) in [6, 6.07) is 14.9. The number of nitrogens with two attached hydrogens (primary N) is 1. The number of para-hydroxylation sites is 1. The van der Waals surface area contributed by atoms with E-state index in [1.807, 2.05) is 18.2 Å². The Kier molecular flexibility index (Phi) is 6.44. The average Bonchev–Trinajstić information content (AvgIpc) is 3.26. The van der Waals surface area contributed by atoms with Crippen molar-refractivity contribution in [3.8, 4) is 17.5 Å². The molecule has 2 aromatic carbocycles. The highest BCUT2D eigenvalue weighted by molar-refractivity contribution is 5.76. The number of imidazole rings is 1. The summed E-state index contributed by atoms with van der Waals surface area (Å²) in [5.74, 6) is 6.13. The van der Waals surface area contributed by atoms with Crippen LogP contribution >= 0.6 is 0 Å². The minimum Gasteiger partial charge on any atom is -0.341 e. The van der Waals surface area contributed by atoms with Gasteiger partial charge in [-0.1, -0.05) is 36.3 Å². The first-order valence-corrected chi connectivity index (χ1v) is 11.9. The molecule has 1 aliphatic rings. The number of hydrogen-bond acceptors (Lipinski definition) is 5. The molecule has 2 aromatic heterocycles. The van der Waals surface area contributed by atoms with Gasteiger partial charge in [0.05, 0.1) is 18.8 Å². The maximum absolute atomic E-state index is 13.9. The van der Waals surface area contributed by atoms with Crippen LogP contribution in [0, 0.1) is 17.7 Å². The molecule has 4 aromatic rings. The van der Waals surface area contributed by atoms with Crippen molar-refractivity contribution >= 4 is 17.1 Å². The van der Waals surface area contributed by atoms with Gasteiger partial charge in [0.2, 0.25) is 5.95 Å². The molecule has 1 unspecified atom stereocenters. The highest BCUT2D eigenvalue weighted by Crippen LogP contribution is 2.24. The SMILES string of the molecule is CC#CCn1c(N2CCCC(N)C2)nc2c1c(=O)n(Cc1ccc(F)cc1)c(=O)n2-c1ccccc1. The first kappa shape index (κ1) is 23.6. The number of hydrogen-bond donors (Lipinski definition) is 1. The van der Waals surface area contributed by atoms with Gasteiger partial charge in [0, 0.05) is 19.1 Å². The minimum atomic E-state index is -0.517. The van der Waals surface area contributed by atoms with Crippen LogP contribution in [0.1, 0.15) is 25.3 Å². The van der Waals surface area contributed by atoms with E-state index in [0.29, 0.717) is 23.7 Å². The van der Waals surface area contributed by atoms with Gasteiger partial charge in [-0.2, -0.15) is 4.98 Å². The lowest BCUT2D eigenvalue weighted by atomic mass is 10.1. The lowest BCUT2D eigenvalue weighted by molar-refractivity contribution is 0.496. The maximum atomic E-state index is 13.9. The molecule has 5 rings (SSSR count). The zero-order valence-corrected chi connectivity index (χ0v) is 20.0. The van der Waals surface area contributed by atoms with Gasteiger partial charge in [-0.25, -0.2) is 13.8 Å². The molecule has 1 aliphatic heterocycles. The van der Waals surface area contributed by atoms with Crippen molar-refractivity contribution in [2.45, 2.75) is 38.9 Å². The van der Waals surface area contributed by atoms with Crippen LogP contribution in [-0.4, -0.2) is 37.8 Å². The molecule has 184 valence electrons. The van der Waals surface area contributed by atoms with Crippen LogP contribution in [0.3, 0.4) is 0 Å². The summed E-state index contributed by atoms with van der Waals surface area (Å²) in [5.41, 5.74) is 7.05. The predicted molar refractivity (Wildman–Crippen MR) is 138 cm³/mol. The highest BCUT2D eigenvalue weighted by atomic mass is 19.1. The van der Waals surface area contributed by atoms with Crippen molar-refractivity contribution in [1.29, 1.82) is 0 Å². The summed E-state index contributed by atoms with van der Waals surface area (Å²) >= 11 is 0. The molecule has 1 atom stereocenters. The van der Waals surface area contributed by atoms with E-state index in [4.69, 9.17) is 10.7 Å². The molecule has 1 fully saturated rings. The number of fused-ring (bicyclic) bond motifs is 1. The molecule has 3 heterocycles. The molecule has 0 spiro atoms. The number of anilines is 1. The number of halogens is 1. The summed E-state index contributed by atoms with van der Waals surface area (Å²) < 4.78 is 17.9. The van der Waals surface area contributed by atoms with E-state index in [0.717, 1.165) is 19.4 Å². The fourth-order valence-electron chi connectivity index (χ4n) is 4.68. The van der Waals surface area contributed by atoms with Crippen LogP contribution in [0.5, 0.6) is 0 Å². The molecule has 0 bridgehead atoms. The van der Waals surface area contributed by atoms with Crippen molar-refractivity contribution in [3.63, 3.8) is 0 Å². The highest BCUT2D eigenvalue weighted by Gasteiger charge is 2.27. The van der Waals surface area contributed by atoms with Gasteiger partial charge >= 0.3 is 5.69 Å². The summed E-state index contributed by atoms with van der Waals surface area (Å²) in [6.07, 6.45) is 1.83. The van der Waals surface area contributed by atoms with E-state index in [-0.39, 0.29) is 36.1 Å². The zero-order valence-electron chi connectivity index (χ0n) is 20.0. The van der Waals surface area contributed by atoms with E-state index in [2.05, 4.69) is 16.7 Å². The number of piperidine rings is 1. The Balaban J connectivity index is 1.81. The third-order valence-electron chi connectivity index (χ3n) is 6.43. The van der Waals surface area contributed by atoms with Gasteiger partial charge in [0.25, 0.3) is 5.56 Å². The monoisotopic (exact) mass is 486 g/mol. The van der Waals surface area contributed by atoms with Crippen molar-refractivity contribution < 1.29 is 4.39 Å². The summed E-state index contributed by atoms with van der Waals surface area (Å²) in [6.45, 7) is 3.32. The predicted octanol–water partition coefficient (Wildman–Crippen LogP) is 2.49. The second-order valence-electron chi connectivity index (χ2n) is 8.92. The number of nitrogens with zero attached hydrogens (tertiary/aromatic N) is 5. The van der Waals surface area contributed by atoms with E-state index in [9.17, 15) is 14.0 Å². The van der Waals surface area contributed by atoms with Crippen LogP contribution in [0.15, 0.2) is 64.2 Å². The van der Waals surface area contributed by atoms with E-state index >= 15 is 0 Å². The van der Waals surface area contributed by atoms with E-state index < -0.39 is 11.2 Å². The Labute approximate surface area is 207 Å². The van der Waals surface area contributed by atoms with Crippen LogP contribution < -0.4 is 21.9 Å². The normalized spacial score (nSPS) is 15.6. The lowest BCUT2D eigenvalue weighted by Gasteiger charge is -2.31. The van der Waals surface area contributed by atoms with Gasteiger partial charge in [-0.05, 0) is 49.6 Å². The minimum absolute atomic E-state index is 0.00396. The molecule has 9 heteroatoms. The van der Waals surface area contributed by atoms with Crippen molar-refractivity contribution in [3.05, 3.63) is 86.8 Å². The van der Waals surface area contributed by atoms with Crippen LogP contribution in [0.2, 0.25) is 0 Å². The second kappa shape index (κ2) is 9.84. The third-order valence-corrected chi connectivity index (χ3v) is 6.43. The van der Waals surface area contributed by atoms with Gasteiger partial charge in [0.15, 0.2) is 11.2 Å². The molecule has 0 aliphatic carbocycles. The Morgan fingerprint density at radius 3 is 2.53 bits per heavy atom. The topological polar surface area (TPSA) is 91.1 Å². The Bertz CT molecular complexity index is 1580. The third kappa shape index (κ3) is 4.32. The first-order valence-electron chi connectivity index (χ1n) is 11.9. The molecular formula is C27H27FN6O2. The Hall–Kier alpha value is -4.16. The molecule has 1 saturated heterocycles. The summed E-state index contributed by atoms with van der Waals surface area (Å²) in [5, 5.41) is 0. The summed E-state index contributed by atoms with van der Waals surface area (Å²) in [4.78, 5) is 34.6. The van der Waals surface area contributed by atoms with Crippen LogP contribution in [0.25, 0.3) is 16.9 Å². The number of benzene rings is 2. The molecular weight excluding hydrogens is 459 g/mol. The zero-order chi connectivity index (χ0) is 25.2. The van der Waals surface area contributed by atoms with E-state index in [1.54, 1.807) is 35.8 Å².